The number of H-pyrrole nitrogens is 1. The summed E-state index contributed by atoms with van der Waals surface area (Å²) in [4.78, 5) is 19.1. The summed E-state index contributed by atoms with van der Waals surface area (Å²) in [5, 5.41) is 1.01. The maximum atomic E-state index is 11.8. The molecule has 0 aliphatic rings. The minimum absolute atomic E-state index is 0.340. The van der Waals surface area contributed by atoms with Crippen LogP contribution < -0.4 is 0 Å². The van der Waals surface area contributed by atoms with E-state index in [2.05, 4.69) is 9.97 Å². The normalized spacial score (nSPS) is 10.6. The van der Waals surface area contributed by atoms with Crippen molar-refractivity contribution in [3.63, 3.8) is 0 Å². The Balaban J connectivity index is 2.18. The van der Waals surface area contributed by atoms with Crippen LogP contribution in [0, 0.1) is 0 Å². The first-order valence-corrected chi connectivity index (χ1v) is 5.90. The van der Waals surface area contributed by atoms with Gasteiger partial charge in [-0.2, -0.15) is 0 Å². The standard InChI is InChI=1S/C15H12N2O2/c1-19-15(18)12-5-3-2-4-11(12)14-8-10-9-16-7-6-13(10)17-14/h2-9,17H,1H3. The molecule has 0 aliphatic heterocycles. The van der Waals surface area contributed by atoms with Gasteiger partial charge < -0.3 is 9.72 Å². The number of nitrogens with zero attached hydrogens (tertiary/aromatic N) is 1. The van der Waals surface area contributed by atoms with Crippen molar-refractivity contribution >= 4 is 16.9 Å². The number of pyridine rings is 1. The average molecular weight is 252 g/mol. The van der Waals surface area contributed by atoms with E-state index >= 15 is 0 Å². The SMILES string of the molecule is COC(=O)c1ccccc1-c1cc2cnccc2[nH]1. The molecule has 0 unspecified atom stereocenters. The number of rotatable bonds is 2. The summed E-state index contributed by atoms with van der Waals surface area (Å²) in [6.07, 6.45) is 3.52. The van der Waals surface area contributed by atoms with Crippen LogP contribution in [0.15, 0.2) is 48.8 Å². The summed E-state index contributed by atoms with van der Waals surface area (Å²) in [7, 11) is 1.38. The molecule has 0 amide bonds. The molecule has 4 nitrogen and oxygen atoms in total. The number of carbonyl (C=O) groups is 1. The van der Waals surface area contributed by atoms with E-state index in [1.54, 1.807) is 18.5 Å². The molecular weight excluding hydrogens is 240 g/mol. The van der Waals surface area contributed by atoms with Crippen LogP contribution in [0.25, 0.3) is 22.2 Å². The summed E-state index contributed by atoms with van der Waals surface area (Å²) in [5.41, 5.74) is 3.24. The van der Waals surface area contributed by atoms with Crippen molar-refractivity contribution in [2.45, 2.75) is 0 Å². The van der Waals surface area contributed by atoms with Gasteiger partial charge in [-0.25, -0.2) is 4.79 Å². The van der Waals surface area contributed by atoms with Crippen LogP contribution in [0.1, 0.15) is 10.4 Å². The predicted molar refractivity (Wildman–Crippen MR) is 72.9 cm³/mol. The Hall–Kier alpha value is -2.62. The highest BCUT2D eigenvalue weighted by Gasteiger charge is 2.13. The number of esters is 1. The Morgan fingerprint density at radius 2 is 2.11 bits per heavy atom. The summed E-state index contributed by atoms with van der Waals surface area (Å²) in [6.45, 7) is 0. The van der Waals surface area contributed by atoms with Crippen molar-refractivity contribution < 1.29 is 9.53 Å². The van der Waals surface area contributed by atoms with Gasteiger partial charge in [0.05, 0.1) is 12.7 Å². The number of fused-ring (bicyclic) bond motifs is 1. The van der Waals surface area contributed by atoms with Crippen LogP contribution in [0.3, 0.4) is 0 Å². The van der Waals surface area contributed by atoms with Crippen molar-refractivity contribution in [2.24, 2.45) is 0 Å². The third-order valence-electron chi connectivity index (χ3n) is 3.04. The second-order valence-corrected chi connectivity index (χ2v) is 4.18. The van der Waals surface area contributed by atoms with Crippen molar-refractivity contribution in [2.75, 3.05) is 7.11 Å². The molecule has 3 aromatic rings. The van der Waals surface area contributed by atoms with E-state index in [0.717, 1.165) is 22.2 Å². The fraction of sp³-hybridized carbons (Fsp3) is 0.0667. The lowest BCUT2D eigenvalue weighted by Gasteiger charge is -2.05. The van der Waals surface area contributed by atoms with Gasteiger partial charge in [-0.1, -0.05) is 18.2 Å². The van der Waals surface area contributed by atoms with Crippen LogP contribution in [-0.4, -0.2) is 23.0 Å². The van der Waals surface area contributed by atoms with Gasteiger partial charge in [-0.3, -0.25) is 4.98 Å². The fourth-order valence-electron chi connectivity index (χ4n) is 2.12. The Kier molecular flexibility index (Phi) is 2.76. The Morgan fingerprint density at radius 1 is 1.26 bits per heavy atom. The van der Waals surface area contributed by atoms with Crippen LogP contribution in [0.4, 0.5) is 0 Å². The van der Waals surface area contributed by atoms with E-state index in [0.29, 0.717) is 5.56 Å². The number of nitrogens with one attached hydrogen (secondary N) is 1. The maximum absolute atomic E-state index is 11.8. The second-order valence-electron chi connectivity index (χ2n) is 4.18. The number of benzene rings is 1. The van der Waals surface area contributed by atoms with E-state index in [1.807, 2.05) is 30.3 Å². The number of hydrogen-bond acceptors (Lipinski definition) is 3. The molecule has 19 heavy (non-hydrogen) atoms. The largest absolute Gasteiger partial charge is 0.465 e. The Bertz CT molecular complexity index is 713. The highest BCUT2D eigenvalue weighted by molar-refractivity contribution is 5.98. The number of methoxy groups -OCH3 is 1. The average Bonchev–Trinajstić information content (AvgIpc) is 2.90. The fourth-order valence-corrected chi connectivity index (χ4v) is 2.12. The molecule has 2 aromatic heterocycles. The van der Waals surface area contributed by atoms with Crippen LogP contribution in [0.5, 0.6) is 0 Å². The zero-order valence-electron chi connectivity index (χ0n) is 10.4. The number of aromatic nitrogens is 2. The molecule has 1 aromatic carbocycles. The number of carbonyl (C=O) groups excluding carboxylic acids is 1. The van der Waals surface area contributed by atoms with Crippen LogP contribution in [0.2, 0.25) is 0 Å². The summed E-state index contributed by atoms with van der Waals surface area (Å²) in [6, 6.07) is 11.2. The monoisotopic (exact) mass is 252 g/mol. The maximum Gasteiger partial charge on any atom is 0.338 e. The van der Waals surface area contributed by atoms with Gasteiger partial charge in [0.2, 0.25) is 0 Å². The molecule has 0 spiro atoms. The molecule has 1 N–H and O–H groups in total. The predicted octanol–water partition coefficient (Wildman–Crippen LogP) is 3.02. The van der Waals surface area contributed by atoms with E-state index in [-0.39, 0.29) is 5.97 Å². The first kappa shape index (κ1) is 11.5. The first-order valence-electron chi connectivity index (χ1n) is 5.90. The van der Waals surface area contributed by atoms with Crippen molar-refractivity contribution in [3.05, 3.63) is 54.4 Å². The van der Waals surface area contributed by atoms with Gasteiger partial charge in [-0.15, -0.1) is 0 Å². The molecule has 2 heterocycles. The molecule has 0 bridgehead atoms. The molecule has 0 radical (unpaired) electrons. The van der Waals surface area contributed by atoms with E-state index in [1.165, 1.54) is 7.11 Å². The molecule has 0 saturated heterocycles. The molecule has 94 valence electrons. The van der Waals surface area contributed by atoms with Gasteiger partial charge in [0.1, 0.15) is 0 Å². The van der Waals surface area contributed by atoms with Gasteiger partial charge in [-0.05, 0) is 18.2 Å². The smallest absolute Gasteiger partial charge is 0.338 e. The topological polar surface area (TPSA) is 55.0 Å². The van der Waals surface area contributed by atoms with E-state index in [9.17, 15) is 4.79 Å². The van der Waals surface area contributed by atoms with Gasteiger partial charge in [0, 0.05) is 34.6 Å². The summed E-state index contributed by atoms with van der Waals surface area (Å²) in [5.74, 6) is -0.340. The highest BCUT2D eigenvalue weighted by Crippen LogP contribution is 2.26. The van der Waals surface area contributed by atoms with Gasteiger partial charge >= 0.3 is 5.97 Å². The highest BCUT2D eigenvalue weighted by atomic mass is 16.5. The van der Waals surface area contributed by atoms with Gasteiger partial charge in [0.15, 0.2) is 0 Å². The van der Waals surface area contributed by atoms with Crippen LogP contribution >= 0.6 is 0 Å². The van der Waals surface area contributed by atoms with E-state index in [4.69, 9.17) is 4.74 Å². The molecule has 3 rings (SSSR count). The second kappa shape index (κ2) is 4.57. The first-order chi connectivity index (χ1) is 9.29. The molecule has 0 atom stereocenters. The zero-order chi connectivity index (χ0) is 13.2. The lowest BCUT2D eigenvalue weighted by Crippen LogP contribution is -2.03. The Labute approximate surface area is 110 Å². The zero-order valence-corrected chi connectivity index (χ0v) is 10.4. The molecule has 0 fully saturated rings. The summed E-state index contributed by atoms with van der Waals surface area (Å²) >= 11 is 0. The van der Waals surface area contributed by atoms with Gasteiger partial charge in [0.25, 0.3) is 0 Å². The molecule has 4 heteroatoms. The van der Waals surface area contributed by atoms with Crippen molar-refractivity contribution in [1.29, 1.82) is 0 Å². The van der Waals surface area contributed by atoms with E-state index < -0.39 is 0 Å². The third-order valence-corrected chi connectivity index (χ3v) is 3.04. The molecular formula is C15H12N2O2. The lowest BCUT2D eigenvalue weighted by molar-refractivity contribution is 0.0601. The Morgan fingerprint density at radius 3 is 2.89 bits per heavy atom. The van der Waals surface area contributed by atoms with Crippen molar-refractivity contribution in [1.82, 2.24) is 9.97 Å². The minimum atomic E-state index is -0.340. The lowest BCUT2D eigenvalue weighted by atomic mass is 10.0. The quantitative estimate of drug-likeness (QED) is 0.713. The van der Waals surface area contributed by atoms with Crippen molar-refractivity contribution in [3.8, 4) is 11.3 Å². The number of hydrogen-bond donors (Lipinski definition) is 1. The minimum Gasteiger partial charge on any atom is -0.465 e. The van der Waals surface area contributed by atoms with Crippen LogP contribution in [-0.2, 0) is 4.74 Å². The molecule has 0 aliphatic carbocycles. The number of ether oxygens (including phenoxy) is 1. The third kappa shape index (κ3) is 1.97. The summed E-state index contributed by atoms with van der Waals surface area (Å²) < 4.78 is 4.81. The molecule has 0 saturated carbocycles. The number of aromatic amines is 1.